The van der Waals surface area contributed by atoms with Crippen molar-refractivity contribution in [1.29, 1.82) is 0 Å². The molecule has 2 bridgehead atoms. The molecule has 1 amide bonds. The Labute approximate surface area is 130 Å². The monoisotopic (exact) mass is 305 g/mol. The molecule has 3 aliphatic carbocycles. The maximum absolute atomic E-state index is 12.1. The van der Waals surface area contributed by atoms with E-state index in [1.54, 1.807) is 12.1 Å². The number of rotatable bonds is 2. The third kappa shape index (κ3) is 2.42. The van der Waals surface area contributed by atoms with Gasteiger partial charge in [0.2, 0.25) is 0 Å². The first kappa shape index (κ1) is 13.4. The SMILES string of the molecule is O=C(Nc1cccc(Cl)c1)O[C@@H]1C[C@@H]2C[C@@H]1[C@H]1CCC[C@H]21. The smallest absolute Gasteiger partial charge is 0.411 e. The normalized spacial score (nSPS) is 36.5. The number of carbonyl (C=O) groups is 1. The van der Waals surface area contributed by atoms with Crippen molar-refractivity contribution in [3.63, 3.8) is 0 Å². The van der Waals surface area contributed by atoms with Gasteiger partial charge in [0.1, 0.15) is 6.10 Å². The summed E-state index contributed by atoms with van der Waals surface area (Å²) in [7, 11) is 0. The molecule has 4 heteroatoms. The van der Waals surface area contributed by atoms with E-state index in [-0.39, 0.29) is 12.2 Å². The number of benzene rings is 1. The minimum atomic E-state index is -0.343. The summed E-state index contributed by atoms with van der Waals surface area (Å²) < 4.78 is 5.70. The number of fused-ring (bicyclic) bond motifs is 5. The highest BCUT2D eigenvalue weighted by atomic mass is 35.5. The minimum Gasteiger partial charge on any atom is -0.446 e. The fourth-order valence-corrected chi connectivity index (χ4v) is 5.18. The lowest BCUT2D eigenvalue weighted by Gasteiger charge is -2.31. The fourth-order valence-electron chi connectivity index (χ4n) is 4.99. The first-order valence-corrected chi connectivity index (χ1v) is 8.32. The molecule has 0 saturated heterocycles. The number of carbonyl (C=O) groups excluding carboxylic acids is 1. The molecule has 112 valence electrons. The van der Waals surface area contributed by atoms with E-state index >= 15 is 0 Å². The van der Waals surface area contributed by atoms with Crippen LogP contribution in [0.15, 0.2) is 24.3 Å². The standard InChI is InChI=1S/C17H20ClNO2/c18-11-3-1-4-12(9-11)19-17(20)21-16-8-10-7-15(16)14-6-2-5-13(10)14/h1,3-4,9-10,13-16H,2,5-8H2,(H,19,20)/t10-,13+,14-,15+,16+/m0/s1. The van der Waals surface area contributed by atoms with E-state index in [0.717, 1.165) is 24.2 Å². The molecule has 4 rings (SSSR count). The Morgan fingerprint density at radius 3 is 2.90 bits per heavy atom. The molecule has 3 saturated carbocycles. The molecule has 0 heterocycles. The summed E-state index contributed by atoms with van der Waals surface area (Å²) in [6.07, 6.45) is 6.20. The van der Waals surface area contributed by atoms with Gasteiger partial charge < -0.3 is 4.74 Å². The van der Waals surface area contributed by atoms with Crippen molar-refractivity contribution in [3.8, 4) is 0 Å². The molecule has 1 aromatic carbocycles. The first-order chi connectivity index (χ1) is 10.2. The maximum Gasteiger partial charge on any atom is 0.411 e. The molecule has 5 atom stereocenters. The zero-order valence-electron chi connectivity index (χ0n) is 11.9. The Hall–Kier alpha value is -1.22. The molecule has 3 aliphatic rings. The number of anilines is 1. The van der Waals surface area contributed by atoms with Crippen LogP contribution in [0.1, 0.15) is 32.1 Å². The van der Waals surface area contributed by atoms with Crippen molar-refractivity contribution in [2.24, 2.45) is 23.7 Å². The van der Waals surface area contributed by atoms with E-state index in [1.165, 1.54) is 25.7 Å². The van der Waals surface area contributed by atoms with E-state index < -0.39 is 0 Å². The Kier molecular flexibility index (Phi) is 3.33. The fraction of sp³-hybridized carbons (Fsp3) is 0.588. The van der Waals surface area contributed by atoms with Crippen LogP contribution >= 0.6 is 11.6 Å². The average molecular weight is 306 g/mol. The lowest BCUT2D eigenvalue weighted by atomic mass is 9.80. The van der Waals surface area contributed by atoms with Crippen LogP contribution in [0.25, 0.3) is 0 Å². The van der Waals surface area contributed by atoms with E-state index in [2.05, 4.69) is 5.32 Å². The Morgan fingerprint density at radius 2 is 2.05 bits per heavy atom. The molecule has 0 unspecified atom stereocenters. The summed E-state index contributed by atoms with van der Waals surface area (Å²) >= 11 is 5.92. The van der Waals surface area contributed by atoms with Gasteiger partial charge in [-0.3, -0.25) is 5.32 Å². The summed E-state index contributed by atoms with van der Waals surface area (Å²) in [4.78, 5) is 12.1. The van der Waals surface area contributed by atoms with Crippen molar-refractivity contribution in [1.82, 2.24) is 0 Å². The molecule has 3 fully saturated rings. The summed E-state index contributed by atoms with van der Waals surface area (Å²) in [6, 6.07) is 7.16. The van der Waals surface area contributed by atoms with Crippen molar-refractivity contribution in [2.75, 3.05) is 5.32 Å². The molecular weight excluding hydrogens is 286 g/mol. The largest absolute Gasteiger partial charge is 0.446 e. The topological polar surface area (TPSA) is 38.3 Å². The van der Waals surface area contributed by atoms with E-state index in [9.17, 15) is 4.79 Å². The molecule has 21 heavy (non-hydrogen) atoms. The van der Waals surface area contributed by atoms with Gasteiger partial charge in [-0.05, 0) is 67.6 Å². The van der Waals surface area contributed by atoms with Crippen LogP contribution in [-0.4, -0.2) is 12.2 Å². The molecule has 0 aromatic heterocycles. The molecule has 0 spiro atoms. The minimum absolute atomic E-state index is 0.119. The van der Waals surface area contributed by atoms with Gasteiger partial charge in [0.15, 0.2) is 0 Å². The quantitative estimate of drug-likeness (QED) is 0.859. The molecular formula is C17H20ClNO2. The van der Waals surface area contributed by atoms with Crippen LogP contribution in [0.4, 0.5) is 10.5 Å². The summed E-state index contributed by atoms with van der Waals surface area (Å²) in [5, 5.41) is 3.40. The number of hydrogen-bond acceptors (Lipinski definition) is 2. The van der Waals surface area contributed by atoms with Crippen LogP contribution in [-0.2, 0) is 4.74 Å². The molecule has 1 aromatic rings. The van der Waals surface area contributed by atoms with Gasteiger partial charge in [0.05, 0.1) is 0 Å². The summed E-state index contributed by atoms with van der Waals surface area (Å²) in [5.41, 5.74) is 0.689. The third-order valence-electron chi connectivity index (χ3n) is 5.70. The molecule has 0 aliphatic heterocycles. The average Bonchev–Trinajstić information content (AvgIpc) is 3.09. The van der Waals surface area contributed by atoms with Gasteiger partial charge in [-0.15, -0.1) is 0 Å². The van der Waals surface area contributed by atoms with Gasteiger partial charge in [-0.1, -0.05) is 24.1 Å². The van der Waals surface area contributed by atoms with E-state index in [0.29, 0.717) is 16.6 Å². The number of ether oxygens (including phenoxy) is 1. The Morgan fingerprint density at radius 1 is 1.19 bits per heavy atom. The number of amides is 1. The maximum atomic E-state index is 12.1. The van der Waals surface area contributed by atoms with Crippen molar-refractivity contribution in [2.45, 2.75) is 38.2 Å². The second kappa shape index (κ2) is 5.20. The third-order valence-corrected chi connectivity index (χ3v) is 5.93. The van der Waals surface area contributed by atoms with Gasteiger partial charge in [-0.2, -0.15) is 0 Å². The summed E-state index contributed by atoms with van der Waals surface area (Å²) in [6.45, 7) is 0. The number of hydrogen-bond donors (Lipinski definition) is 1. The van der Waals surface area contributed by atoms with E-state index in [1.807, 2.05) is 12.1 Å². The lowest BCUT2D eigenvalue weighted by molar-refractivity contribution is 0.0431. The molecule has 0 radical (unpaired) electrons. The number of halogens is 1. The second-order valence-corrected chi connectivity index (χ2v) is 7.17. The van der Waals surface area contributed by atoms with Gasteiger partial charge >= 0.3 is 6.09 Å². The Balaban J connectivity index is 1.37. The highest BCUT2D eigenvalue weighted by molar-refractivity contribution is 6.30. The zero-order chi connectivity index (χ0) is 14.4. The van der Waals surface area contributed by atoms with Crippen LogP contribution < -0.4 is 5.32 Å². The van der Waals surface area contributed by atoms with Gasteiger partial charge in [-0.25, -0.2) is 4.79 Å². The van der Waals surface area contributed by atoms with Crippen molar-refractivity contribution in [3.05, 3.63) is 29.3 Å². The van der Waals surface area contributed by atoms with Crippen molar-refractivity contribution < 1.29 is 9.53 Å². The predicted molar refractivity (Wildman–Crippen MR) is 82.4 cm³/mol. The van der Waals surface area contributed by atoms with Crippen LogP contribution in [0, 0.1) is 23.7 Å². The highest BCUT2D eigenvalue weighted by Gasteiger charge is 2.55. The predicted octanol–water partition coefficient (Wildman–Crippen LogP) is 4.71. The molecule has 3 nitrogen and oxygen atoms in total. The summed E-state index contributed by atoms with van der Waals surface area (Å²) in [5.74, 6) is 3.14. The Bertz CT molecular complexity index is 561. The van der Waals surface area contributed by atoms with E-state index in [4.69, 9.17) is 16.3 Å². The number of nitrogens with one attached hydrogen (secondary N) is 1. The van der Waals surface area contributed by atoms with Gasteiger partial charge in [0, 0.05) is 10.7 Å². The van der Waals surface area contributed by atoms with Crippen molar-refractivity contribution >= 4 is 23.4 Å². The van der Waals surface area contributed by atoms with Gasteiger partial charge in [0.25, 0.3) is 0 Å². The second-order valence-electron chi connectivity index (χ2n) is 6.73. The first-order valence-electron chi connectivity index (χ1n) is 7.94. The van der Waals surface area contributed by atoms with Crippen LogP contribution in [0.3, 0.4) is 0 Å². The highest BCUT2D eigenvalue weighted by Crippen LogP contribution is 2.59. The van der Waals surface area contributed by atoms with Crippen LogP contribution in [0.5, 0.6) is 0 Å². The zero-order valence-corrected chi connectivity index (χ0v) is 12.7. The molecule has 1 N–H and O–H groups in total. The lowest BCUT2D eigenvalue weighted by Crippen LogP contribution is -2.33. The van der Waals surface area contributed by atoms with Crippen LogP contribution in [0.2, 0.25) is 5.02 Å².